The van der Waals surface area contributed by atoms with Crippen molar-refractivity contribution < 1.29 is 4.74 Å². The van der Waals surface area contributed by atoms with Gasteiger partial charge in [-0.2, -0.15) is 0 Å². The highest BCUT2D eigenvalue weighted by molar-refractivity contribution is 5.65. The summed E-state index contributed by atoms with van der Waals surface area (Å²) in [6.07, 6.45) is 8.85. The van der Waals surface area contributed by atoms with Crippen LogP contribution in [0, 0.1) is 0 Å². The quantitative estimate of drug-likeness (QED) is 0.503. The van der Waals surface area contributed by atoms with Gasteiger partial charge in [-0.1, -0.05) is 6.07 Å². The first-order chi connectivity index (χ1) is 15.9. The average Bonchev–Trinajstić information content (AvgIpc) is 2.89. The Balaban J connectivity index is 1.56. The van der Waals surface area contributed by atoms with Crippen LogP contribution in [0.1, 0.15) is 11.7 Å². The number of hydrogen-bond acceptors (Lipinski definition) is 8. The number of aromatic nitrogens is 5. The molecule has 0 amide bonds. The largest absolute Gasteiger partial charge is 0.379 e. The third-order valence-corrected chi connectivity index (χ3v) is 5.29. The highest BCUT2D eigenvalue weighted by Gasteiger charge is 2.23. The highest BCUT2D eigenvalue weighted by Crippen LogP contribution is 2.27. The third-order valence-electron chi connectivity index (χ3n) is 5.29. The molecule has 1 fully saturated rings. The minimum atomic E-state index is -0.0740. The molecule has 0 saturated carbocycles. The summed E-state index contributed by atoms with van der Waals surface area (Å²) in [7, 11) is 0. The van der Waals surface area contributed by atoms with Crippen LogP contribution in [0.15, 0.2) is 79.5 Å². The SMILES string of the molecule is c1ccc(-c2nc(NC(c3ccncc3)N3CCOCC3)cc(-c3cccnc3)n2)nc1. The number of nitrogens with one attached hydrogen (secondary N) is 1. The number of rotatable bonds is 6. The molecule has 5 heterocycles. The molecule has 1 N–H and O–H groups in total. The second kappa shape index (κ2) is 9.59. The summed E-state index contributed by atoms with van der Waals surface area (Å²) in [5.74, 6) is 1.28. The number of anilines is 1. The van der Waals surface area contributed by atoms with Gasteiger partial charge in [0.15, 0.2) is 5.82 Å². The van der Waals surface area contributed by atoms with E-state index in [0.717, 1.165) is 29.9 Å². The first-order valence-corrected chi connectivity index (χ1v) is 10.6. The molecule has 8 heteroatoms. The second-order valence-electron chi connectivity index (χ2n) is 7.39. The predicted octanol–water partition coefficient (Wildman–Crippen LogP) is 3.44. The van der Waals surface area contributed by atoms with Gasteiger partial charge in [-0.3, -0.25) is 19.9 Å². The van der Waals surface area contributed by atoms with Gasteiger partial charge in [0.05, 0.1) is 18.9 Å². The van der Waals surface area contributed by atoms with Crippen molar-refractivity contribution in [2.45, 2.75) is 6.17 Å². The molecular formula is C24H23N7O. The van der Waals surface area contributed by atoms with Crippen LogP contribution in [-0.4, -0.2) is 56.1 Å². The summed E-state index contributed by atoms with van der Waals surface area (Å²) in [5, 5.41) is 3.63. The molecule has 4 aromatic heterocycles. The first kappa shape index (κ1) is 20.2. The van der Waals surface area contributed by atoms with Gasteiger partial charge in [0, 0.05) is 55.7 Å². The van der Waals surface area contributed by atoms with Crippen LogP contribution in [-0.2, 0) is 4.74 Å². The van der Waals surface area contributed by atoms with Crippen molar-refractivity contribution in [3.8, 4) is 22.8 Å². The zero-order chi connectivity index (χ0) is 21.6. The third kappa shape index (κ3) is 4.61. The summed E-state index contributed by atoms with van der Waals surface area (Å²) in [6, 6.07) is 15.6. The van der Waals surface area contributed by atoms with E-state index in [4.69, 9.17) is 14.7 Å². The summed E-state index contributed by atoms with van der Waals surface area (Å²) < 4.78 is 5.57. The lowest BCUT2D eigenvalue weighted by atomic mass is 10.1. The van der Waals surface area contributed by atoms with E-state index in [9.17, 15) is 0 Å². The first-order valence-electron chi connectivity index (χ1n) is 10.6. The lowest BCUT2D eigenvalue weighted by Crippen LogP contribution is -2.42. The minimum Gasteiger partial charge on any atom is -0.379 e. The molecule has 0 aliphatic carbocycles. The average molecular weight is 425 g/mol. The van der Waals surface area contributed by atoms with E-state index in [1.54, 1.807) is 18.6 Å². The predicted molar refractivity (Wildman–Crippen MR) is 121 cm³/mol. The number of pyridine rings is 3. The standard InChI is InChI=1S/C24H23N7O/c1-2-9-27-20(5-1)23-28-21(19-4-3-8-26-17-19)16-22(29-23)30-24(18-6-10-25-11-7-18)31-12-14-32-15-13-31/h1-11,16-17,24H,12-15H2,(H,28,29,30). The summed E-state index contributed by atoms with van der Waals surface area (Å²) in [5.41, 5.74) is 3.53. The lowest BCUT2D eigenvalue weighted by Gasteiger charge is -2.35. The smallest absolute Gasteiger partial charge is 0.180 e. The van der Waals surface area contributed by atoms with Crippen LogP contribution in [0.2, 0.25) is 0 Å². The Hall–Kier alpha value is -3.75. The number of nitrogens with zero attached hydrogens (tertiary/aromatic N) is 6. The van der Waals surface area contributed by atoms with E-state index < -0.39 is 0 Å². The van der Waals surface area contributed by atoms with Crippen molar-refractivity contribution in [1.29, 1.82) is 0 Å². The van der Waals surface area contributed by atoms with Crippen LogP contribution < -0.4 is 5.32 Å². The van der Waals surface area contributed by atoms with Gasteiger partial charge in [-0.15, -0.1) is 0 Å². The van der Waals surface area contributed by atoms with Crippen molar-refractivity contribution in [3.05, 3.63) is 85.1 Å². The van der Waals surface area contributed by atoms with E-state index in [-0.39, 0.29) is 6.17 Å². The van der Waals surface area contributed by atoms with Crippen molar-refractivity contribution in [1.82, 2.24) is 29.8 Å². The van der Waals surface area contributed by atoms with Crippen LogP contribution >= 0.6 is 0 Å². The lowest BCUT2D eigenvalue weighted by molar-refractivity contribution is 0.0216. The topological polar surface area (TPSA) is 89.0 Å². The van der Waals surface area contributed by atoms with Crippen molar-refractivity contribution in [2.24, 2.45) is 0 Å². The Bertz CT molecular complexity index is 1080. The van der Waals surface area contributed by atoms with E-state index in [0.29, 0.717) is 30.5 Å². The molecule has 8 nitrogen and oxygen atoms in total. The molecule has 0 radical (unpaired) electrons. The number of ether oxygens (including phenoxy) is 1. The zero-order valence-corrected chi connectivity index (χ0v) is 17.5. The van der Waals surface area contributed by atoms with Gasteiger partial charge in [-0.25, -0.2) is 9.97 Å². The van der Waals surface area contributed by atoms with E-state index in [1.165, 1.54) is 0 Å². The van der Waals surface area contributed by atoms with Gasteiger partial charge in [0.2, 0.25) is 0 Å². The molecule has 5 rings (SSSR count). The maximum Gasteiger partial charge on any atom is 0.180 e. The number of hydrogen-bond donors (Lipinski definition) is 1. The van der Waals surface area contributed by atoms with Gasteiger partial charge < -0.3 is 10.1 Å². The van der Waals surface area contributed by atoms with E-state index >= 15 is 0 Å². The monoisotopic (exact) mass is 425 g/mol. The van der Waals surface area contributed by atoms with Crippen molar-refractivity contribution >= 4 is 5.82 Å². The fourth-order valence-electron chi connectivity index (χ4n) is 3.70. The molecule has 0 bridgehead atoms. The molecule has 1 aliphatic rings. The number of morpholine rings is 1. The Morgan fingerprint density at radius 2 is 1.72 bits per heavy atom. The maximum atomic E-state index is 5.57. The van der Waals surface area contributed by atoms with E-state index in [2.05, 4.69) is 25.2 Å². The van der Waals surface area contributed by atoms with Crippen LogP contribution in [0.5, 0.6) is 0 Å². The summed E-state index contributed by atoms with van der Waals surface area (Å²) in [4.78, 5) is 24.8. The zero-order valence-electron chi connectivity index (χ0n) is 17.5. The normalized spacial score (nSPS) is 15.2. The summed E-state index contributed by atoms with van der Waals surface area (Å²) >= 11 is 0. The van der Waals surface area contributed by atoms with Crippen LogP contribution in [0.4, 0.5) is 5.82 Å². The Morgan fingerprint density at radius 1 is 0.844 bits per heavy atom. The van der Waals surface area contributed by atoms with Gasteiger partial charge in [0.1, 0.15) is 17.7 Å². The van der Waals surface area contributed by atoms with Crippen molar-refractivity contribution in [3.63, 3.8) is 0 Å². The molecular weight excluding hydrogens is 402 g/mol. The van der Waals surface area contributed by atoms with Crippen LogP contribution in [0.25, 0.3) is 22.8 Å². The molecule has 1 atom stereocenters. The molecule has 1 saturated heterocycles. The molecule has 160 valence electrons. The fourth-order valence-corrected chi connectivity index (χ4v) is 3.70. The fraction of sp³-hybridized carbons (Fsp3) is 0.208. The maximum absolute atomic E-state index is 5.57. The van der Waals surface area contributed by atoms with Gasteiger partial charge in [-0.05, 0) is 42.0 Å². The molecule has 0 spiro atoms. The van der Waals surface area contributed by atoms with Gasteiger partial charge in [0.25, 0.3) is 0 Å². The molecule has 4 aromatic rings. The van der Waals surface area contributed by atoms with Gasteiger partial charge >= 0.3 is 0 Å². The Morgan fingerprint density at radius 3 is 2.47 bits per heavy atom. The Labute approximate surface area is 186 Å². The minimum absolute atomic E-state index is 0.0740. The molecule has 0 aromatic carbocycles. The van der Waals surface area contributed by atoms with E-state index in [1.807, 2.05) is 60.9 Å². The second-order valence-corrected chi connectivity index (χ2v) is 7.39. The highest BCUT2D eigenvalue weighted by atomic mass is 16.5. The molecule has 1 aliphatic heterocycles. The molecule has 32 heavy (non-hydrogen) atoms. The van der Waals surface area contributed by atoms with Crippen molar-refractivity contribution in [2.75, 3.05) is 31.6 Å². The van der Waals surface area contributed by atoms with Crippen LogP contribution in [0.3, 0.4) is 0 Å². The summed E-state index contributed by atoms with van der Waals surface area (Å²) in [6.45, 7) is 3.06. The molecule has 1 unspecified atom stereocenters. The Kier molecular flexibility index (Phi) is 6.04.